The van der Waals surface area contributed by atoms with Crippen LogP contribution >= 0.6 is 23.2 Å². The minimum atomic E-state index is -0.737. The Balaban J connectivity index is 2.36. The third kappa shape index (κ3) is 2.04. The first kappa shape index (κ1) is 11.7. The van der Waals surface area contributed by atoms with Crippen LogP contribution in [0.4, 0.5) is 0 Å². The fourth-order valence-corrected chi connectivity index (χ4v) is 2.88. The van der Waals surface area contributed by atoms with E-state index in [1.54, 1.807) is 6.07 Å². The smallest absolute Gasteiger partial charge is 0.307 e. The fraction of sp³-hybridized carbons (Fsp3) is 0.417. The van der Waals surface area contributed by atoms with Crippen molar-refractivity contribution in [3.8, 4) is 0 Å². The zero-order valence-electron chi connectivity index (χ0n) is 8.62. The van der Waals surface area contributed by atoms with Gasteiger partial charge < -0.3 is 5.11 Å². The van der Waals surface area contributed by atoms with E-state index < -0.39 is 5.97 Å². The Bertz CT molecular complexity index is 417. The first-order valence-corrected chi connectivity index (χ1v) is 6.03. The van der Waals surface area contributed by atoms with Crippen LogP contribution in [0.1, 0.15) is 30.7 Å². The maximum atomic E-state index is 11.1. The van der Waals surface area contributed by atoms with Crippen molar-refractivity contribution in [2.45, 2.75) is 25.2 Å². The number of carboxylic acids is 1. The second-order valence-corrected chi connectivity index (χ2v) is 4.91. The molecular formula is C12H12Cl2O2. The van der Waals surface area contributed by atoms with Gasteiger partial charge in [0, 0.05) is 0 Å². The molecule has 0 saturated heterocycles. The van der Waals surface area contributed by atoms with Gasteiger partial charge >= 0.3 is 5.97 Å². The second-order valence-electron chi connectivity index (χ2n) is 4.13. The quantitative estimate of drug-likeness (QED) is 0.872. The van der Waals surface area contributed by atoms with E-state index in [9.17, 15) is 4.79 Å². The molecule has 0 bridgehead atoms. The normalized spacial score (nSPS) is 24.6. The molecule has 1 aromatic rings. The summed E-state index contributed by atoms with van der Waals surface area (Å²) in [6, 6.07) is 5.42. The topological polar surface area (TPSA) is 37.3 Å². The molecule has 1 aromatic carbocycles. The van der Waals surface area contributed by atoms with Crippen molar-refractivity contribution >= 4 is 29.2 Å². The molecule has 16 heavy (non-hydrogen) atoms. The lowest BCUT2D eigenvalue weighted by Gasteiger charge is -2.17. The summed E-state index contributed by atoms with van der Waals surface area (Å²) in [6.45, 7) is 0. The van der Waals surface area contributed by atoms with Crippen molar-refractivity contribution in [2.75, 3.05) is 0 Å². The largest absolute Gasteiger partial charge is 0.481 e. The van der Waals surface area contributed by atoms with Crippen LogP contribution in [-0.2, 0) is 4.79 Å². The standard InChI is InChI=1S/C12H12Cl2O2/c13-10-6-2-4-8(11(10)14)7-3-1-5-9(7)12(15)16/h2,4,6-7,9H,1,3,5H2,(H,15,16). The maximum Gasteiger partial charge on any atom is 0.307 e. The molecule has 1 saturated carbocycles. The van der Waals surface area contributed by atoms with Gasteiger partial charge in [0.2, 0.25) is 0 Å². The molecule has 2 nitrogen and oxygen atoms in total. The highest BCUT2D eigenvalue weighted by molar-refractivity contribution is 6.42. The van der Waals surface area contributed by atoms with E-state index >= 15 is 0 Å². The van der Waals surface area contributed by atoms with Crippen LogP contribution < -0.4 is 0 Å². The van der Waals surface area contributed by atoms with Crippen LogP contribution in [-0.4, -0.2) is 11.1 Å². The van der Waals surface area contributed by atoms with Crippen molar-refractivity contribution in [1.29, 1.82) is 0 Å². The molecule has 1 fully saturated rings. The molecule has 1 aliphatic carbocycles. The molecule has 2 rings (SSSR count). The first-order valence-electron chi connectivity index (χ1n) is 5.28. The van der Waals surface area contributed by atoms with E-state index in [2.05, 4.69) is 0 Å². The Morgan fingerprint density at radius 3 is 2.75 bits per heavy atom. The average molecular weight is 259 g/mol. The van der Waals surface area contributed by atoms with Crippen molar-refractivity contribution in [2.24, 2.45) is 5.92 Å². The summed E-state index contributed by atoms with van der Waals surface area (Å²) in [7, 11) is 0. The second kappa shape index (κ2) is 4.64. The summed E-state index contributed by atoms with van der Waals surface area (Å²) >= 11 is 12.1. The number of carboxylic acid groups (broad SMARTS) is 1. The monoisotopic (exact) mass is 258 g/mol. The van der Waals surface area contributed by atoms with Crippen LogP contribution in [0.15, 0.2) is 18.2 Å². The lowest BCUT2D eigenvalue weighted by Crippen LogP contribution is -2.17. The van der Waals surface area contributed by atoms with Gasteiger partial charge in [0.25, 0.3) is 0 Å². The Kier molecular flexibility index (Phi) is 3.41. The van der Waals surface area contributed by atoms with Crippen LogP contribution in [0.25, 0.3) is 0 Å². The molecule has 0 amide bonds. The van der Waals surface area contributed by atoms with E-state index in [-0.39, 0.29) is 11.8 Å². The van der Waals surface area contributed by atoms with Crippen molar-refractivity contribution in [1.82, 2.24) is 0 Å². The molecule has 0 aliphatic heterocycles. The van der Waals surface area contributed by atoms with Gasteiger partial charge in [-0.1, -0.05) is 41.8 Å². The van der Waals surface area contributed by atoms with E-state index in [1.165, 1.54) is 0 Å². The van der Waals surface area contributed by atoms with Crippen molar-refractivity contribution in [3.05, 3.63) is 33.8 Å². The molecule has 1 N–H and O–H groups in total. The van der Waals surface area contributed by atoms with E-state index in [0.29, 0.717) is 10.0 Å². The molecule has 2 atom stereocenters. The Morgan fingerprint density at radius 2 is 2.06 bits per heavy atom. The number of hydrogen-bond donors (Lipinski definition) is 1. The summed E-state index contributed by atoms with van der Waals surface area (Å²) in [5, 5.41) is 10.1. The zero-order valence-corrected chi connectivity index (χ0v) is 10.1. The first-order chi connectivity index (χ1) is 7.61. The minimum Gasteiger partial charge on any atom is -0.481 e. The highest BCUT2D eigenvalue weighted by atomic mass is 35.5. The predicted molar refractivity (Wildman–Crippen MR) is 64.2 cm³/mol. The molecule has 86 valence electrons. The molecule has 0 aromatic heterocycles. The number of halogens is 2. The Labute approximate surface area is 104 Å². The average Bonchev–Trinajstić information content (AvgIpc) is 2.70. The van der Waals surface area contributed by atoms with Gasteiger partial charge in [0.1, 0.15) is 0 Å². The maximum absolute atomic E-state index is 11.1. The lowest BCUT2D eigenvalue weighted by atomic mass is 9.89. The van der Waals surface area contributed by atoms with Gasteiger partial charge in [0.05, 0.1) is 16.0 Å². The van der Waals surface area contributed by atoms with Crippen LogP contribution in [0.2, 0.25) is 10.0 Å². The van der Waals surface area contributed by atoms with E-state index in [4.69, 9.17) is 28.3 Å². The molecule has 2 unspecified atom stereocenters. The van der Waals surface area contributed by atoms with Gasteiger partial charge in [-0.15, -0.1) is 0 Å². The predicted octanol–water partition coefficient (Wildman–Crippen LogP) is 3.96. The van der Waals surface area contributed by atoms with Crippen LogP contribution in [0.5, 0.6) is 0 Å². The number of aliphatic carboxylic acids is 1. The molecule has 0 heterocycles. The summed E-state index contributed by atoms with van der Waals surface area (Å²) in [5.41, 5.74) is 0.874. The molecule has 1 aliphatic rings. The van der Waals surface area contributed by atoms with Crippen molar-refractivity contribution in [3.63, 3.8) is 0 Å². The number of hydrogen-bond acceptors (Lipinski definition) is 1. The molecule has 0 spiro atoms. The SMILES string of the molecule is O=C(O)C1CCCC1c1cccc(Cl)c1Cl. The molecule has 4 heteroatoms. The summed E-state index contributed by atoms with van der Waals surface area (Å²) in [4.78, 5) is 11.1. The lowest BCUT2D eigenvalue weighted by molar-refractivity contribution is -0.142. The Morgan fingerprint density at radius 1 is 1.31 bits per heavy atom. The highest BCUT2D eigenvalue weighted by Crippen LogP contribution is 2.43. The fourth-order valence-electron chi connectivity index (χ4n) is 2.43. The van der Waals surface area contributed by atoms with Crippen molar-refractivity contribution < 1.29 is 9.90 Å². The minimum absolute atomic E-state index is 0.00343. The van der Waals surface area contributed by atoms with Gasteiger partial charge in [0.15, 0.2) is 0 Å². The number of benzene rings is 1. The molecular weight excluding hydrogens is 247 g/mol. The number of carbonyl (C=O) groups is 1. The molecule has 0 radical (unpaired) electrons. The third-order valence-electron chi connectivity index (χ3n) is 3.21. The van der Waals surface area contributed by atoms with E-state index in [1.807, 2.05) is 12.1 Å². The van der Waals surface area contributed by atoms with Gasteiger partial charge in [-0.3, -0.25) is 4.79 Å². The van der Waals surface area contributed by atoms with Gasteiger partial charge in [-0.25, -0.2) is 0 Å². The Hall–Kier alpha value is -0.730. The summed E-state index contributed by atoms with van der Waals surface area (Å²) < 4.78 is 0. The van der Waals surface area contributed by atoms with Crippen LogP contribution in [0, 0.1) is 5.92 Å². The summed E-state index contributed by atoms with van der Waals surface area (Å²) in [6.07, 6.45) is 2.53. The van der Waals surface area contributed by atoms with E-state index in [0.717, 1.165) is 24.8 Å². The van der Waals surface area contributed by atoms with Gasteiger partial charge in [-0.05, 0) is 30.4 Å². The summed E-state index contributed by atoms with van der Waals surface area (Å²) in [5.74, 6) is -1.06. The number of rotatable bonds is 2. The third-order valence-corrected chi connectivity index (χ3v) is 4.05. The highest BCUT2D eigenvalue weighted by Gasteiger charge is 2.35. The van der Waals surface area contributed by atoms with Gasteiger partial charge in [-0.2, -0.15) is 0 Å². The van der Waals surface area contributed by atoms with Crippen LogP contribution in [0.3, 0.4) is 0 Å². The zero-order chi connectivity index (χ0) is 11.7.